The Morgan fingerprint density at radius 2 is 2.00 bits per heavy atom. The largest absolute Gasteiger partial charge is 0.548 e. The van der Waals surface area contributed by atoms with Crippen LogP contribution in [0.3, 0.4) is 0 Å². The van der Waals surface area contributed by atoms with Gasteiger partial charge < -0.3 is 19.4 Å². The highest BCUT2D eigenvalue weighted by Gasteiger charge is 1.97. The van der Waals surface area contributed by atoms with Crippen molar-refractivity contribution in [3.05, 3.63) is 0 Å². The third-order valence-electron chi connectivity index (χ3n) is 0.820. The molecule has 12 heavy (non-hydrogen) atoms. The second-order valence-electron chi connectivity index (χ2n) is 1.78. The van der Waals surface area contributed by atoms with Crippen molar-refractivity contribution in [2.45, 2.75) is 0 Å². The van der Waals surface area contributed by atoms with Crippen molar-refractivity contribution in [3.63, 3.8) is 0 Å². The molecular formula is C6H8IO5-. The molecule has 0 aromatic carbocycles. The zero-order chi connectivity index (χ0) is 9.40. The number of carbonyl (C=O) groups is 2. The van der Waals surface area contributed by atoms with Crippen molar-refractivity contribution in [3.8, 4) is 0 Å². The average molecular weight is 287 g/mol. The van der Waals surface area contributed by atoms with Gasteiger partial charge in [-0.3, -0.25) is 4.79 Å². The van der Waals surface area contributed by atoms with E-state index in [1.165, 1.54) is 0 Å². The fourth-order valence-electron chi connectivity index (χ4n) is 0.409. The van der Waals surface area contributed by atoms with Gasteiger partial charge in [-0.25, -0.2) is 0 Å². The maximum atomic E-state index is 10.5. The molecule has 0 spiro atoms. The van der Waals surface area contributed by atoms with Gasteiger partial charge in [0.15, 0.2) is 0 Å². The molecule has 0 aromatic rings. The van der Waals surface area contributed by atoms with Gasteiger partial charge in [0.05, 0.1) is 23.6 Å². The molecule has 0 aliphatic rings. The number of carboxylic acid groups (broad SMARTS) is 1. The lowest BCUT2D eigenvalue weighted by Gasteiger charge is -2.04. The van der Waals surface area contributed by atoms with Gasteiger partial charge in [0.1, 0.15) is 6.61 Å². The van der Waals surface area contributed by atoms with E-state index in [2.05, 4.69) is 9.47 Å². The Morgan fingerprint density at radius 3 is 2.50 bits per heavy atom. The highest BCUT2D eigenvalue weighted by atomic mass is 127. The Balaban J connectivity index is 3.11. The third-order valence-corrected chi connectivity index (χ3v) is 1.44. The minimum atomic E-state index is -1.28. The number of ether oxygens (including phenoxy) is 2. The summed E-state index contributed by atoms with van der Waals surface area (Å²) in [5, 5.41) is 9.81. The van der Waals surface area contributed by atoms with Gasteiger partial charge in [-0.1, -0.05) is 22.6 Å². The monoisotopic (exact) mass is 287 g/mol. The molecule has 0 saturated carbocycles. The topological polar surface area (TPSA) is 75.7 Å². The molecule has 0 amide bonds. The van der Waals surface area contributed by atoms with E-state index in [0.29, 0.717) is 0 Å². The first kappa shape index (κ1) is 11.6. The Morgan fingerprint density at radius 1 is 1.33 bits per heavy atom. The fourth-order valence-corrected chi connectivity index (χ4v) is 0.629. The summed E-state index contributed by atoms with van der Waals surface area (Å²) in [4.78, 5) is 20.3. The number of aliphatic carboxylic acids is 1. The molecule has 5 nitrogen and oxygen atoms in total. The van der Waals surface area contributed by atoms with Crippen molar-refractivity contribution < 1.29 is 24.2 Å². The summed E-state index contributed by atoms with van der Waals surface area (Å²) in [7, 11) is 0. The van der Waals surface area contributed by atoms with Gasteiger partial charge in [-0.15, -0.1) is 0 Å². The average Bonchev–Trinajstić information content (AvgIpc) is 2.03. The predicted molar refractivity (Wildman–Crippen MR) is 45.7 cm³/mol. The highest BCUT2D eigenvalue weighted by molar-refractivity contribution is 14.1. The second kappa shape index (κ2) is 7.29. The van der Waals surface area contributed by atoms with E-state index in [4.69, 9.17) is 0 Å². The third kappa shape index (κ3) is 7.73. The zero-order valence-electron chi connectivity index (χ0n) is 6.25. The summed E-state index contributed by atoms with van der Waals surface area (Å²) in [6.45, 7) is -0.312. The highest BCUT2D eigenvalue weighted by Crippen LogP contribution is 1.86. The number of hydrogen-bond donors (Lipinski definition) is 0. The van der Waals surface area contributed by atoms with E-state index >= 15 is 0 Å². The van der Waals surface area contributed by atoms with Crippen LogP contribution in [0.2, 0.25) is 0 Å². The zero-order valence-corrected chi connectivity index (χ0v) is 8.41. The van der Waals surface area contributed by atoms with Crippen molar-refractivity contribution in [1.29, 1.82) is 0 Å². The maximum absolute atomic E-state index is 10.5. The quantitative estimate of drug-likeness (QED) is 0.263. The summed E-state index contributed by atoms with van der Waals surface area (Å²) in [5.41, 5.74) is 0. The molecule has 0 unspecified atom stereocenters. The standard InChI is InChI=1S/C6H9IO5/c7-3-6(10)12-2-1-11-4-5(8)9/h1-4H2,(H,8,9)/p-1. The van der Waals surface area contributed by atoms with Crippen molar-refractivity contribution in [1.82, 2.24) is 0 Å². The van der Waals surface area contributed by atoms with E-state index in [0.717, 1.165) is 0 Å². The van der Waals surface area contributed by atoms with Gasteiger partial charge in [0.2, 0.25) is 0 Å². The number of carboxylic acids is 1. The Hall–Kier alpha value is -0.370. The Labute approximate surface area is 83.2 Å². The first-order valence-electron chi connectivity index (χ1n) is 3.16. The lowest BCUT2D eigenvalue weighted by atomic mass is 10.7. The molecule has 0 bridgehead atoms. The van der Waals surface area contributed by atoms with Crippen molar-refractivity contribution in [2.24, 2.45) is 0 Å². The molecule has 0 rings (SSSR count). The van der Waals surface area contributed by atoms with E-state index in [1.54, 1.807) is 0 Å². The summed E-state index contributed by atoms with van der Waals surface area (Å²) in [6, 6.07) is 0. The lowest BCUT2D eigenvalue weighted by molar-refractivity contribution is -0.309. The van der Waals surface area contributed by atoms with Crippen molar-refractivity contribution in [2.75, 3.05) is 24.2 Å². The van der Waals surface area contributed by atoms with Crippen LogP contribution in [-0.2, 0) is 19.1 Å². The molecule has 0 radical (unpaired) electrons. The predicted octanol–water partition coefficient (Wildman–Crippen LogP) is -1.27. The molecule has 0 aliphatic carbocycles. The molecule has 0 aromatic heterocycles. The van der Waals surface area contributed by atoms with E-state index in [1.807, 2.05) is 22.6 Å². The number of hydrogen-bond acceptors (Lipinski definition) is 5. The molecule has 0 aliphatic heterocycles. The molecule has 0 heterocycles. The first-order valence-corrected chi connectivity index (χ1v) is 4.68. The number of rotatable bonds is 6. The molecule has 0 saturated heterocycles. The van der Waals surface area contributed by atoms with E-state index in [-0.39, 0.29) is 23.6 Å². The van der Waals surface area contributed by atoms with Crippen LogP contribution in [0.15, 0.2) is 0 Å². The summed E-state index contributed by atoms with van der Waals surface area (Å²) in [5.74, 6) is -1.62. The SMILES string of the molecule is O=C([O-])COCCOC(=O)CI. The van der Waals surface area contributed by atoms with Gasteiger partial charge in [-0.05, 0) is 0 Å². The number of halogens is 1. The molecule has 0 fully saturated rings. The molecular weight excluding hydrogens is 279 g/mol. The van der Waals surface area contributed by atoms with E-state index in [9.17, 15) is 14.7 Å². The van der Waals surface area contributed by atoms with Gasteiger partial charge in [0, 0.05) is 0 Å². The molecule has 0 N–H and O–H groups in total. The summed E-state index contributed by atoms with van der Waals surface area (Å²) >= 11 is 1.87. The van der Waals surface area contributed by atoms with Crippen LogP contribution in [0.25, 0.3) is 0 Å². The van der Waals surface area contributed by atoms with Crippen LogP contribution in [0.5, 0.6) is 0 Å². The number of carbonyl (C=O) groups excluding carboxylic acids is 2. The fraction of sp³-hybridized carbons (Fsp3) is 0.667. The number of alkyl halides is 1. The summed E-state index contributed by atoms with van der Waals surface area (Å²) in [6.07, 6.45) is 0. The Bertz CT molecular complexity index is 158. The van der Waals surface area contributed by atoms with Gasteiger partial charge in [-0.2, -0.15) is 0 Å². The van der Waals surface area contributed by atoms with Crippen LogP contribution >= 0.6 is 22.6 Å². The first-order chi connectivity index (χ1) is 5.66. The Kier molecular flexibility index (Phi) is 7.06. The smallest absolute Gasteiger partial charge is 0.315 e. The minimum absolute atomic E-state index is 0.0785. The minimum Gasteiger partial charge on any atom is -0.548 e. The van der Waals surface area contributed by atoms with Crippen molar-refractivity contribution >= 4 is 34.5 Å². The van der Waals surface area contributed by atoms with E-state index < -0.39 is 12.6 Å². The second-order valence-corrected chi connectivity index (χ2v) is 2.54. The van der Waals surface area contributed by atoms with Crippen LogP contribution < -0.4 is 5.11 Å². The van der Waals surface area contributed by atoms with Crippen LogP contribution in [0.4, 0.5) is 0 Å². The molecule has 0 atom stereocenters. The normalized spacial score (nSPS) is 9.42. The number of esters is 1. The molecule has 6 heteroatoms. The van der Waals surface area contributed by atoms with Gasteiger partial charge >= 0.3 is 5.97 Å². The van der Waals surface area contributed by atoms with Crippen LogP contribution in [0.1, 0.15) is 0 Å². The summed E-state index contributed by atoms with van der Waals surface area (Å²) < 4.78 is 9.41. The van der Waals surface area contributed by atoms with Gasteiger partial charge in [0.25, 0.3) is 0 Å². The maximum Gasteiger partial charge on any atom is 0.315 e. The lowest BCUT2D eigenvalue weighted by Crippen LogP contribution is -2.28. The molecule has 70 valence electrons. The van der Waals surface area contributed by atoms with Crippen LogP contribution in [-0.4, -0.2) is 36.2 Å². The van der Waals surface area contributed by atoms with Crippen LogP contribution in [0, 0.1) is 0 Å².